The van der Waals surface area contributed by atoms with Gasteiger partial charge in [-0.15, -0.1) is 0 Å². The minimum atomic E-state index is 0.622. The van der Waals surface area contributed by atoms with Gasteiger partial charge in [0.15, 0.2) is 0 Å². The van der Waals surface area contributed by atoms with Crippen LogP contribution in [0.25, 0.3) is 16.7 Å². The molecule has 0 saturated heterocycles. The first kappa shape index (κ1) is 11.0. The molecule has 0 aliphatic carbocycles. The van der Waals surface area contributed by atoms with Crippen LogP contribution < -0.4 is 0 Å². The maximum absolute atomic E-state index is 9.00. The van der Waals surface area contributed by atoms with Gasteiger partial charge in [-0.3, -0.25) is 4.57 Å². The minimum absolute atomic E-state index is 0.622. The Morgan fingerprint density at radius 2 is 2.00 bits per heavy atom. The number of fused-ring (bicyclic) bond motifs is 1. The number of nitriles is 1. The SMILES string of the molecule is N#Cc1cc(Br)cc(-n2cnc3ccccc32)c1. The van der Waals surface area contributed by atoms with Crippen molar-refractivity contribution in [3.05, 3.63) is 58.8 Å². The topological polar surface area (TPSA) is 41.6 Å². The fourth-order valence-corrected chi connectivity index (χ4v) is 2.42. The summed E-state index contributed by atoms with van der Waals surface area (Å²) in [7, 11) is 0. The fourth-order valence-electron chi connectivity index (χ4n) is 1.94. The molecule has 0 amide bonds. The van der Waals surface area contributed by atoms with E-state index in [0.29, 0.717) is 5.56 Å². The lowest BCUT2D eigenvalue weighted by Crippen LogP contribution is -1.92. The third kappa shape index (κ3) is 1.79. The first-order chi connectivity index (χ1) is 8.78. The maximum atomic E-state index is 9.00. The molecule has 0 saturated carbocycles. The zero-order chi connectivity index (χ0) is 12.5. The summed E-state index contributed by atoms with van der Waals surface area (Å²) in [6.45, 7) is 0. The molecule has 0 atom stereocenters. The van der Waals surface area contributed by atoms with Crippen molar-refractivity contribution in [1.29, 1.82) is 5.26 Å². The largest absolute Gasteiger partial charge is 0.299 e. The minimum Gasteiger partial charge on any atom is -0.299 e. The molecule has 0 aliphatic rings. The van der Waals surface area contributed by atoms with E-state index in [9.17, 15) is 0 Å². The molecule has 3 aromatic rings. The normalized spacial score (nSPS) is 10.4. The van der Waals surface area contributed by atoms with Gasteiger partial charge in [-0.25, -0.2) is 4.98 Å². The predicted octanol–water partition coefficient (Wildman–Crippen LogP) is 3.66. The van der Waals surface area contributed by atoms with Crippen LogP contribution >= 0.6 is 15.9 Å². The van der Waals surface area contributed by atoms with Crippen molar-refractivity contribution in [3.63, 3.8) is 0 Å². The molecule has 18 heavy (non-hydrogen) atoms. The quantitative estimate of drug-likeness (QED) is 0.688. The molecule has 3 nitrogen and oxygen atoms in total. The van der Waals surface area contributed by atoms with E-state index in [4.69, 9.17) is 5.26 Å². The van der Waals surface area contributed by atoms with Crippen LogP contribution in [0, 0.1) is 11.3 Å². The molecule has 2 aromatic carbocycles. The van der Waals surface area contributed by atoms with Crippen molar-refractivity contribution < 1.29 is 0 Å². The lowest BCUT2D eigenvalue weighted by Gasteiger charge is -2.05. The predicted molar refractivity (Wildman–Crippen MR) is 73.5 cm³/mol. The second-order valence-electron chi connectivity index (χ2n) is 3.91. The Hall–Kier alpha value is -2.12. The van der Waals surface area contributed by atoms with Gasteiger partial charge in [0.2, 0.25) is 0 Å². The van der Waals surface area contributed by atoms with Crippen molar-refractivity contribution in [2.75, 3.05) is 0 Å². The molecule has 0 aliphatic heterocycles. The van der Waals surface area contributed by atoms with Crippen LogP contribution in [0.3, 0.4) is 0 Å². The highest BCUT2D eigenvalue weighted by Crippen LogP contribution is 2.22. The number of benzene rings is 2. The number of halogens is 1. The third-order valence-corrected chi connectivity index (χ3v) is 3.20. The van der Waals surface area contributed by atoms with Crippen LogP contribution in [0.4, 0.5) is 0 Å². The van der Waals surface area contributed by atoms with Crippen molar-refractivity contribution in [2.45, 2.75) is 0 Å². The first-order valence-corrected chi connectivity index (χ1v) is 6.20. The summed E-state index contributed by atoms with van der Waals surface area (Å²) in [5.41, 5.74) is 3.52. The van der Waals surface area contributed by atoms with E-state index in [1.165, 1.54) is 0 Å². The second kappa shape index (κ2) is 4.28. The number of aromatic nitrogens is 2. The lowest BCUT2D eigenvalue weighted by atomic mass is 10.2. The Morgan fingerprint density at radius 3 is 2.83 bits per heavy atom. The van der Waals surface area contributed by atoms with E-state index in [1.54, 1.807) is 12.4 Å². The molecule has 0 unspecified atom stereocenters. The molecule has 3 rings (SSSR count). The molecule has 0 bridgehead atoms. The maximum Gasteiger partial charge on any atom is 0.100 e. The summed E-state index contributed by atoms with van der Waals surface area (Å²) in [5, 5.41) is 9.00. The summed E-state index contributed by atoms with van der Waals surface area (Å²) >= 11 is 3.42. The van der Waals surface area contributed by atoms with Gasteiger partial charge in [-0.05, 0) is 30.3 Å². The van der Waals surface area contributed by atoms with E-state index in [2.05, 4.69) is 27.0 Å². The van der Waals surface area contributed by atoms with E-state index >= 15 is 0 Å². The summed E-state index contributed by atoms with van der Waals surface area (Å²) in [6.07, 6.45) is 1.77. The van der Waals surface area contributed by atoms with Gasteiger partial charge in [0.05, 0.1) is 22.7 Å². The molecule has 86 valence electrons. The van der Waals surface area contributed by atoms with Crippen molar-refractivity contribution >= 4 is 27.0 Å². The van der Waals surface area contributed by atoms with E-state index < -0.39 is 0 Å². The van der Waals surface area contributed by atoms with Gasteiger partial charge in [0, 0.05) is 10.2 Å². The molecule has 4 heteroatoms. The Balaban J connectivity index is 2.27. The highest BCUT2D eigenvalue weighted by molar-refractivity contribution is 9.10. The first-order valence-electron chi connectivity index (χ1n) is 5.41. The van der Waals surface area contributed by atoms with E-state index in [1.807, 2.05) is 41.0 Å². The summed E-state index contributed by atoms with van der Waals surface area (Å²) < 4.78 is 2.86. The van der Waals surface area contributed by atoms with Crippen LogP contribution in [-0.4, -0.2) is 9.55 Å². The average molecular weight is 298 g/mol. The molecule has 0 radical (unpaired) electrons. The van der Waals surface area contributed by atoms with Crippen LogP contribution in [0.2, 0.25) is 0 Å². The van der Waals surface area contributed by atoms with Crippen LogP contribution in [-0.2, 0) is 0 Å². The standard InChI is InChI=1S/C14H8BrN3/c15-11-5-10(8-16)6-12(7-11)18-9-17-13-3-1-2-4-14(13)18/h1-7,9H. The molecule has 0 spiro atoms. The zero-order valence-electron chi connectivity index (χ0n) is 9.34. The number of hydrogen-bond donors (Lipinski definition) is 0. The van der Waals surface area contributed by atoms with Crippen molar-refractivity contribution in [2.24, 2.45) is 0 Å². The number of para-hydroxylation sites is 2. The third-order valence-electron chi connectivity index (χ3n) is 2.74. The zero-order valence-corrected chi connectivity index (χ0v) is 10.9. The van der Waals surface area contributed by atoms with Gasteiger partial charge in [-0.2, -0.15) is 5.26 Å². The Morgan fingerprint density at radius 1 is 1.17 bits per heavy atom. The molecule has 1 heterocycles. The number of hydrogen-bond acceptors (Lipinski definition) is 2. The summed E-state index contributed by atoms with van der Waals surface area (Å²) in [6, 6.07) is 15.7. The van der Waals surface area contributed by atoms with Gasteiger partial charge in [-0.1, -0.05) is 28.1 Å². The lowest BCUT2D eigenvalue weighted by molar-refractivity contribution is 1.09. The highest BCUT2D eigenvalue weighted by atomic mass is 79.9. The van der Waals surface area contributed by atoms with Gasteiger partial charge in [0.25, 0.3) is 0 Å². The van der Waals surface area contributed by atoms with Crippen molar-refractivity contribution in [3.8, 4) is 11.8 Å². The Kier molecular flexibility index (Phi) is 2.62. The molecular weight excluding hydrogens is 290 g/mol. The molecule has 1 aromatic heterocycles. The smallest absolute Gasteiger partial charge is 0.100 e. The average Bonchev–Trinajstić information content (AvgIpc) is 2.81. The Bertz CT molecular complexity index is 768. The summed E-state index contributed by atoms with van der Waals surface area (Å²) in [5.74, 6) is 0. The molecular formula is C14H8BrN3. The summed E-state index contributed by atoms with van der Waals surface area (Å²) in [4.78, 5) is 4.34. The van der Waals surface area contributed by atoms with Crippen LogP contribution in [0.1, 0.15) is 5.56 Å². The monoisotopic (exact) mass is 297 g/mol. The van der Waals surface area contributed by atoms with Crippen molar-refractivity contribution in [1.82, 2.24) is 9.55 Å². The number of imidazole rings is 1. The Labute approximate surface area is 112 Å². The van der Waals surface area contributed by atoms with Gasteiger partial charge in [0.1, 0.15) is 6.33 Å². The highest BCUT2D eigenvalue weighted by Gasteiger charge is 2.05. The van der Waals surface area contributed by atoms with E-state index in [-0.39, 0.29) is 0 Å². The van der Waals surface area contributed by atoms with Crippen LogP contribution in [0.15, 0.2) is 53.3 Å². The molecule has 0 N–H and O–H groups in total. The number of nitrogens with zero attached hydrogens (tertiary/aromatic N) is 3. The number of rotatable bonds is 1. The fraction of sp³-hybridized carbons (Fsp3) is 0. The van der Waals surface area contributed by atoms with Gasteiger partial charge >= 0.3 is 0 Å². The van der Waals surface area contributed by atoms with Crippen LogP contribution in [0.5, 0.6) is 0 Å². The van der Waals surface area contributed by atoms with Gasteiger partial charge < -0.3 is 0 Å². The second-order valence-corrected chi connectivity index (χ2v) is 4.83. The molecule has 0 fully saturated rings. The van der Waals surface area contributed by atoms with E-state index in [0.717, 1.165) is 21.2 Å².